The highest BCUT2D eigenvalue weighted by Gasteiger charge is 2.02. The lowest BCUT2D eigenvalue weighted by Gasteiger charge is -2.01. The smallest absolute Gasteiger partial charge is 0.146 e. The first kappa shape index (κ1) is 10.2. The average molecular weight is 217 g/mol. The Morgan fingerprint density at radius 1 is 1.33 bits per heavy atom. The number of ketones is 1. The number of benzene rings is 1. The zero-order valence-electron chi connectivity index (χ0n) is 8.18. The van der Waals surface area contributed by atoms with E-state index in [2.05, 4.69) is 17.6 Å². The second kappa shape index (κ2) is 4.45. The molecule has 2 aromatic rings. The Morgan fingerprint density at radius 3 is 2.93 bits per heavy atom. The van der Waals surface area contributed by atoms with E-state index >= 15 is 0 Å². The van der Waals surface area contributed by atoms with E-state index in [0.717, 1.165) is 16.5 Å². The van der Waals surface area contributed by atoms with Crippen molar-refractivity contribution in [2.45, 2.75) is 6.42 Å². The van der Waals surface area contributed by atoms with Gasteiger partial charge in [0.1, 0.15) is 5.78 Å². The number of fused-ring (bicyclic) bond motifs is 1. The number of carbonyl (C=O) groups excluding carboxylic acids is 1. The first-order chi connectivity index (χ1) is 7.29. The van der Waals surface area contributed by atoms with Crippen LogP contribution in [0.1, 0.15) is 5.56 Å². The van der Waals surface area contributed by atoms with Gasteiger partial charge in [-0.25, -0.2) is 0 Å². The topological polar surface area (TPSA) is 30.0 Å². The maximum atomic E-state index is 11.2. The van der Waals surface area contributed by atoms with Gasteiger partial charge in [0, 0.05) is 23.8 Å². The highest BCUT2D eigenvalue weighted by molar-refractivity contribution is 7.81. The summed E-state index contributed by atoms with van der Waals surface area (Å²) in [6.45, 7) is 0. The Hall–Kier alpha value is -1.35. The van der Waals surface area contributed by atoms with Gasteiger partial charge in [-0.15, -0.1) is 0 Å². The van der Waals surface area contributed by atoms with E-state index in [1.54, 1.807) is 6.20 Å². The van der Waals surface area contributed by atoms with Crippen molar-refractivity contribution in [3.63, 3.8) is 0 Å². The highest BCUT2D eigenvalue weighted by Crippen LogP contribution is 2.13. The molecule has 0 aliphatic rings. The second-order valence-electron chi connectivity index (χ2n) is 3.41. The Bertz CT molecular complexity index is 496. The van der Waals surface area contributed by atoms with Crippen LogP contribution in [0.3, 0.4) is 0 Å². The number of aromatic nitrogens is 1. The van der Waals surface area contributed by atoms with Crippen molar-refractivity contribution >= 4 is 29.3 Å². The molecule has 0 unspecified atom stereocenters. The molecule has 2 rings (SSSR count). The fraction of sp³-hybridized carbons (Fsp3) is 0.167. The SMILES string of the molecule is O=C(CS)Cc1cnc2ccccc2c1. The second-order valence-corrected chi connectivity index (χ2v) is 3.73. The van der Waals surface area contributed by atoms with Crippen LogP contribution in [0, 0.1) is 0 Å². The Morgan fingerprint density at radius 2 is 2.13 bits per heavy atom. The van der Waals surface area contributed by atoms with Crippen LogP contribution in [-0.4, -0.2) is 16.5 Å². The van der Waals surface area contributed by atoms with Gasteiger partial charge >= 0.3 is 0 Å². The Labute approximate surface area is 93.7 Å². The van der Waals surface area contributed by atoms with Crippen molar-refractivity contribution in [1.82, 2.24) is 4.98 Å². The van der Waals surface area contributed by atoms with Gasteiger partial charge in [-0.3, -0.25) is 9.78 Å². The van der Waals surface area contributed by atoms with E-state index in [9.17, 15) is 4.79 Å². The maximum absolute atomic E-state index is 11.2. The molecule has 15 heavy (non-hydrogen) atoms. The predicted octanol–water partition coefficient (Wildman–Crippen LogP) is 2.28. The van der Waals surface area contributed by atoms with Gasteiger partial charge in [0.15, 0.2) is 0 Å². The van der Waals surface area contributed by atoms with Crippen molar-refractivity contribution in [3.05, 3.63) is 42.1 Å². The quantitative estimate of drug-likeness (QED) is 0.799. The predicted molar refractivity (Wildman–Crippen MR) is 64.3 cm³/mol. The summed E-state index contributed by atoms with van der Waals surface area (Å²) >= 11 is 3.95. The minimum atomic E-state index is 0.121. The van der Waals surface area contributed by atoms with Gasteiger partial charge in [0.05, 0.1) is 5.52 Å². The van der Waals surface area contributed by atoms with Crippen molar-refractivity contribution in [2.24, 2.45) is 0 Å². The van der Waals surface area contributed by atoms with Gasteiger partial charge in [0.25, 0.3) is 0 Å². The van der Waals surface area contributed by atoms with E-state index < -0.39 is 0 Å². The lowest BCUT2D eigenvalue weighted by Crippen LogP contribution is -2.03. The van der Waals surface area contributed by atoms with Crippen molar-refractivity contribution in [3.8, 4) is 0 Å². The monoisotopic (exact) mass is 217 g/mol. The molecule has 0 aliphatic heterocycles. The van der Waals surface area contributed by atoms with Crippen LogP contribution in [0.5, 0.6) is 0 Å². The molecule has 0 saturated heterocycles. The van der Waals surface area contributed by atoms with Gasteiger partial charge in [0.2, 0.25) is 0 Å². The van der Waals surface area contributed by atoms with E-state index in [1.807, 2.05) is 30.3 Å². The number of nitrogens with zero attached hydrogens (tertiary/aromatic N) is 1. The maximum Gasteiger partial charge on any atom is 0.146 e. The molecule has 0 radical (unpaired) electrons. The van der Waals surface area contributed by atoms with Crippen LogP contribution in [0.4, 0.5) is 0 Å². The molecular weight excluding hydrogens is 206 g/mol. The molecule has 1 aromatic carbocycles. The van der Waals surface area contributed by atoms with E-state index in [-0.39, 0.29) is 11.5 Å². The molecule has 0 aliphatic carbocycles. The standard InChI is InChI=1S/C12H11NOS/c14-11(8-15)6-9-5-10-3-1-2-4-12(10)13-7-9/h1-5,7,15H,6,8H2. The van der Waals surface area contributed by atoms with Gasteiger partial charge < -0.3 is 0 Å². The summed E-state index contributed by atoms with van der Waals surface area (Å²) in [5.41, 5.74) is 1.91. The molecule has 2 nitrogen and oxygen atoms in total. The first-order valence-electron chi connectivity index (χ1n) is 4.76. The van der Waals surface area contributed by atoms with Crippen molar-refractivity contribution in [1.29, 1.82) is 0 Å². The fourth-order valence-corrected chi connectivity index (χ4v) is 1.61. The third-order valence-corrected chi connectivity index (χ3v) is 2.58. The zero-order chi connectivity index (χ0) is 10.7. The average Bonchev–Trinajstić information content (AvgIpc) is 2.29. The van der Waals surface area contributed by atoms with E-state index in [1.165, 1.54) is 0 Å². The highest BCUT2D eigenvalue weighted by atomic mass is 32.1. The summed E-state index contributed by atoms with van der Waals surface area (Å²) in [7, 11) is 0. The summed E-state index contributed by atoms with van der Waals surface area (Å²) in [5.74, 6) is 0.405. The number of carbonyl (C=O) groups is 1. The molecule has 76 valence electrons. The first-order valence-corrected chi connectivity index (χ1v) is 5.39. The molecule has 0 fully saturated rings. The van der Waals surface area contributed by atoms with Crippen LogP contribution in [-0.2, 0) is 11.2 Å². The molecule has 1 aromatic heterocycles. The van der Waals surface area contributed by atoms with Crippen LogP contribution in [0.2, 0.25) is 0 Å². The summed E-state index contributed by atoms with van der Waals surface area (Å²) < 4.78 is 0. The third-order valence-electron chi connectivity index (χ3n) is 2.22. The zero-order valence-corrected chi connectivity index (χ0v) is 9.08. The molecule has 3 heteroatoms. The Kier molecular flexibility index (Phi) is 3.02. The summed E-state index contributed by atoms with van der Waals surface area (Å²) in [6, 6.07) is 9.88. The largest absolute Gasteiger partial charge is 0.298 e. The molecule has 0 N–H and O–H groups in total. The number of rotatable bonds is 3. The molecule has 0 atom stereocenters. The van der Waals surface area contributed by atoms with Crippen molar-refractivity contribution in [2.75, 3.05) is 5.75 Å². The van der Waals surface area contributed by atoms with Gasteiger partial charge in [-0.2, -0.15) is 12.6 Å². The van der Waals surface area contributed by atoms with E-state index in [0.29, 0.717) is 6.42 Å². The third kappa shape index (κ3) is 2.36. The number of hydrogen-bond donors (Lipinski definition) is 1. The van der Waals surface area contributed by atoms with Gasteiger partial charge in [-0.1, -0.05) is 18.2 Å². The molecule has 1 heterocycles. The number of pyridine rings is 1. The van der Waals surface area contributed by atoms with Crippen LogP contribution in [0.25, 0.3) is 10.9 Å². The van der Waals surface area contributed by atoms with Crippen LogP contribution >= 0.6 is 12.6 Å². The van der Waals surface area contributed by atoms with Crippen LogP contribution in [0.15, 0.2) is 36.5 Å². The van der Waals surface area contributed by atoms with Crippen LogP contribution < -0.4 is 0 Å². The lowest BCUT2D eigenvalue weighted by molar-refractivity contribution is -0.115. The minimum absolute atomic E-state index is 0.121. The minimum Gasteiger partial charge on any atom is -0.298 e. The number of hydrogen-bond acceptors (Lipinski definition) is 3. The molecule has 0 bridgehead atoms. The molecular formula is C12H11NOS. The van der Waals surface area contributed by atoms with E-state index in [4.69, 9.17) is 0 Å². The summed E-state index contributed by atoms with van der Waals surface area (Å²) in [4.78, 5) is 15.5. The molecule has 0 amide bonds. The van der Waals surface area contributed by atoms with Gasteiger partial charge in [-0.05, 0) is 17.7 Å². The normalized spacial score (nSPS) is 10.5. The number of Topliss-reactive ketones (excluding diaryl/α,β-unsaturated/α-hetero) is 1. The fourth-order valence-electron chi connectivity index (χ4n) is 1.50. The summed E-state index contributed by atoms with van der Waals surface area (Å²) in [5, 5.41) is 1.07. The summed E-state index contributed by atoms with van der Waals surface area (Å²) in [6.07, 6.45) is 2.17. The molecule has 0 spiro atoms. The lowest BCUT2D eigenvalue weighted by atomic mass is 10.1. The molecule has 0 saturated carbocycles. The Balaban J connectivity index is 2.34. The van der Waals surface area contributed by atoms with Crippen molar-refractivity contribution < 1.29 is 4.79 Å². The number of para-hydroxylation sites is 1. The number of thiol groups is 1.